The van der Waals surface area contributed by atoms with E-state index in [0.717, 1.165) is 18.4 Å². The highest BCUT2D eigenvalue weighted by molar-refractivity contribution is 5.76. The highest BCUT2D eigenvalue weighted by Gasteiger charge is 2.19. The van der Waals surface area contributed by atoms with Crippen molar-refractivity contribution in [1.29, 1.82) is 0 Å². The second kappa shape index (κ2) is 8.02. The van der Waals surface area contributed by atoms with Gasteiger partial charge in [-0.05, 0) is 23.8 Å². The number of aliphatic hydroxyl groups is 1. The number of nitrogens with two attached hydrogens (primary N) is 1. The molecule has 0 bridgehead atoms. The van der Waals surface area contributed by atoms with Gasteiger partial charge in [0.05, 0.1) is 0 Å². The minimum Gasteiger partial charge on any atom is -0.396 e. The van der Waals surface area contributed by atoms with Crippen molar-refractivity contribution in [2.24, 2.45) is 11.1 Å². The lowest BCUT2D eigenvalue weighted by Crippen LogP contribution is -2.35. The average molecular weight is 278 g/mol. The van der Waals surface area contributed by atoms with E-state index in [1.807, 2.05) is 30.3 Å². The number of carbonyl (C=O) groups is 1. The summed E-state index contributed by atoms with van der Waals surface area (Å²) in [6, 6.07) is 9.37. The quantitative estimate of drug-likeness (QED) is 0.680. The van der Waals surface area contributed by atoms with Crippen LogP contribution < -0.4 is 11.1 Å². The summed E-state index contributed by atoms with van der Waals surface area (Å²) in [4.78, 5) is 11.9. The summed E-state index contributed by atoms with van der Waals surface area (Å²) in [5.74, 6) is -0.0292. The SMILES string of the molecule is CC(C)(CCCO)CNC(=O)CC(N)c1ccccc1. The van der Waals surface area contributed by atoms with Crippen LogP contribution in [0.5, 0.6) is 0 Å². The summed E-state index contributed by atoms with van der Waals surface area (Å²) in [6.45, 7) is 4.96. The first-order chi connectivity index (χ1) is 9.44. The molecular formula is C16H26N2O2. The number of hydrogen-bond donors (Lipinski definition) is 3. The number of hydrogen-bond acceptors (Lipinski definition) is 3. The predicted molar refractivity (Wildman–Crippen MR) is 81.1 cm³/mol. The van der Waals surface area contributed by atoms with E-state index in [4.69, 9.17) is 10.8 Å². The van der Waals surface area contributed by atoms with E-state index in [1.165, 1.54) is 0 Å². The summed E-state index contributed by atoms with van der Waals surface area (Å²) >= 11 is 0. The van der Waals surface area contributed by atoms with Gasteiger partial charge in [-0.3, -0.25) is 4.79 Å². The van der Waals surface area contributed by atoms with Crippen molar-refractivity contribution in [1.82, 2.24) is 5.32 Å². The molecule has 0 saturated carbocycles. The molecule has 0 aromatic heterocycles. The predicted octanol–water partition coefficient (Wildman–Crippen LogP) is 1.99. The Bertz CT molecular complexity index is 404. The number of carbonyl (C=O) groups excluding carboxylic acids is 1. The molecule has 0 aliphatic rings. The summed E-state index contributed by atoms with van der Waals surface area (Å²) in [6.07, 6.45) is 1.93. The third-order valence-electron chi connectivity index (χ3n) is 3.41. The van der Waals surface area contributed by atoms with Crippen molar-refractivity contribution >= 4 is 5.91 Å². The van der Waals surface area contributed by atoms with Crippen LogP contribution in [0.1, 0.15) is 44.7 Å². The number of nitrogens with one attached hydrogen (secondary N) is 1. The maximum absolute atomic E-state index is 11.9. The standard InChI is InChI=1S/C16H26N2O2/c1-16(2,9-6-10-19)12-18-15(20)11-14(17)13-7-4-3-5-8-13/h3-5,7-8,14,19H,6,9-12,17H2,1-2H3,(H,18,20). The Balaban J connectivity index is 2.37. The Morgan fingerprint density at radius 3 is 2.60 bits per heavy atom. The van der Waals surface area contributed by atoms with Crippen molar-refractivity contribution in [3.05, 3.63) is 35.9 Å². The summed E-state index contributed by atoms with van der Waals surface area (Å²) in [7, 11) is 0. The average Bonchev–Trinajstić information content (AvgIpc) is 2.44. The maximum atomic E-state index is 11.9. The number of rotatable bonds is 8. The first kappa shape index (κ1) is 16.7. The van der Waals surface area contributed by atoms with Crippen LogP contribution in [0.15, 0.2) is 30.3 Å². The topological polar surface area (TPSA) is 75.3 Å². The summed E-state index contributed by atoms with van der Waals surface area (Å²) in [5, 5.41) is 11.8. The van der Waals surface area contributed by atoms with E-state index in [0.29, 0.717) is 13.0 Å². The van der Waals surface area contributed by atoms with Crippen LogP contribution in [0.4, 0.5) is 0 Å². The molecule has 1 aromatic carbocycles. The van der Waals surface area contributed by atoms with Crippen LogP contribution in [-0.4, -0.2) is 24.2 Å². The minimum atomic E-state index is -0.267. The molecule has 0 saturated heterocycles. The molecule has 0 heterocycles. The van der Waals surface area contributed by atoms with Crippen molar-refractivity contribution in [3.63, 3.8) is 0 Å². The molecule has 1 rings (SSSR count). The molecule has 0 aliphatic carbocycles. The zero-order valence-corrected chi connectivity index (χ0v) is 12.4. The van der Waals surface area contributed by atoms with Gasteiger partial charge in [0.2, 0.25) is 5.91 Å². The Kier molecular flexibility index (Phi) is 6.68. The van der Waals surface area contributed by atoms with Crippen LogP contribution in [0, 0.1) is 5.41 Å². The zero-order chi connectivity index (χ0) is 15.0. The fraction of sp³-hybridized carbons (Fsp3) is 0.562. The lowest BCUT2D eigenvalue weighted by atomic mass is 9.88. The maximum Gasteiger partial charge on any atom is 0.221 e. The molecule has 20 heavy (non-hydrogen) atoms. The highest BCUT2D eigenvalue weighted by atomic mass is 16.2. The van der Waals surface area contributed by atoms with Gasteiger partial charge in [-0.1, -0.05) is 44.2 Å². The molecule has 1 unspecified atom stereocenters. The van der Waals surface area contributed by atoms with Gasteiger partial charge in [0.1, 0.15) is 0 Å². The molecule has 0 fully saturated rings. The Hall–Kier alpha value is -1.39. The zero-order valence-electron chi connectivity index (χ0n) is 12.4. The normalized spacial score (nSPS) is 13.0. The number of aliphatic hydroxyl groups excluding tert-OH is 1. The number of benzene rings is 1. The van der Waals surface area contributed by atoms with Gasteiger partial charge in [0, 0.05) is 25.6 Å². The van der Waals surface area contributed by atoms with E-state index in [2.05, 4.69) is 19.2 Å². The molecule has 4 heteroatoms. The van der Waals surface area contributed by atoms with Gasteiger partial charge in [0.25, 0.3) is 0 Å². The molecule has 1 atom stereocenters. The summed E-state index contributed by atoms with van der Waals surface area (Å²) in [5.41, 5.74) is 6.99. The van der Waals surface area contributed by atoms with Crippen LogP contribution in [-0.2, 0) is 4.79 Å². The minimum absolute atomic E-state index is 0.00473. The molecule has 4 nitrogen and oxygen atoms in total. The molecule has 4 N–H and O–H groups in total. The first-order valence-electron chi connectivity index (χ1n) is 7.13. The largest absolute Gasteiger partial charge is 0.396 e. The van der Waals surface area contributed by atoms with E-state index in [9.17, 15) is 4.79 Å². The van der Waals surface area contributed by atoms with Crippen molar-refractivity contribution in [3.8, 4) is 0 Å². The molecule has 112 valence electrons. The van der Waals surface area contributed by atoms with E-state index < -0.39 is 0 Å². The van der Waals surface area contributed by atoms with Gasteiger partial charge < -0.3 is 16.2 Å². The lowest BCUT2D eigenvalue weighted by molar-refractivity contribution is -0.121. The Labute approximate surface area is 121 Å². The third-order valence-corrected chi connectivity index (χ3v) is 3.41. The van der Waals surface area contributed by atoms with Crippen molar-refractivity contribution in [2.45, 2.75) is 39.2 Å². The molecule has 0 aliphatic heterocycles. The lowest BCUT2D eigenvalue weighted by Gasteiger charge is -2.25. The van der Waals surface area contributed by atoms with Gasteiger partial charge >= 0.3 is 0 Å². The van der Waals surface area contributed by atoms with Crippen LogP contribution in [0.2, 0.25) is 0 Å². The van der Waals surface area contributed by atoms with Gasteiger partial charge in [-0.25, -0.2) is 0 Å². The van der Waals surface area contributed by atoms with E-state index in [1.54, 1.807) is 0 Å². The molecule has 1 aromatic rings. The second-order valence-electron chi connectivity index (χ2n) is 5.99. The Morgan fingerprint density at radius 2 is 2.00 bits per heavy atom. The molecule has 1 amide bonds. The van der Waals surface area contributed by atoms with Crippen LogP contribution in [0.25, 0.3) is 0 Å². The monoisotopic (exact) mass is 278 g/mol. The van der Waals surface area contributed by atoms with Gasteiger partial charge in [-0.15, -0.1) is 0 Å². The molecule has 0 radical (unpaired) electrons. The fourth-order valence-corrected chi connectivity index (χ4v) is 2.07. The van der Waals surface area contributed by atoms with Crippen LogP contribution >= 0.6 is 0 Å². The Morgan fingerprint density at radius 1 is 1.35 bits per heavy atom. The van der Waals surface area contributed by atoms with Gasteiger partial charge in [0.15, 0.2) is 0 Å². The smallest absolute Gasteiger partial charge is 0.221 e. The highest BCUT2D eigenvalue weighted by Crippen LogP contribution is 2.21. The third kappa shape index (κ3) is 6.17. The van der Waals surface area contributed by atoms with Gasteiger partial charge in [-0.2, -0.15) is 0 Å². The molecular weight excluding hydrogens is 252 g/mol. The fourth-order valence-electron chi connectivity index (χ4n) is 2.07. The van der Waals surface area contributed by atoms with Crippen molar-refractivity contribution < 1.29 is 9.90 Å². The van der Waals surface area contributed by atoms with Crippen LogP contribution in [0.3, 0.4) is 0 Å². The molecule has 0 spiro atoms. The number of amides is 1. The first-order valence-corrected chi connectivity index (χ1v) is 7.13. The van der Waals surface area contributed by atoms with E-state index >= 15 is 0 Å². The summed E-state index contributed by atoms with van der Waals surface area (Å²) < 4.78 is 0. The van der Waals surface area contributed by atoms with E-state index in [-0.39, 0.29) is 24.0 Å². The second-order valence-corrected chi connectivity index (χ2v) is 5.99. The van der Waals surface area contributed by atoms with Crippen molar-refractivity contribution in [2.75, 3.05) is 13.2 Å².